The molecule has 0 aromatic heterocycles. The number of allylic oxidation sites excluding steroid dienone is 1. The van der Waals surface area contributed by atoms with Crippen molar-refractivity contribution in [1.29, 1.82) is 0 Å². The lowest BCUT2D eigenvalue weighted by atomic mass is 9.94. The van der Waals surface area contributed by atoms with Crippen LogP contribution in [-0.4, -0.2) is 37.5 Å². The van der Waals surface area contributed by atoms with Gasteiger partial charge in [0.25, 0.3) is 0 Å². The summed E-state index contributed by atoms with van der Waals surface area (Å²) < 4.78 is 15.6. The summed E-state index contributed by atoms with van der Waals surface area (Å²) in [5.74, 6) is -0.164. The Bertz CT molecular complexity index is 1050. The Hall–Kier alpha value is -3.26. The third kappa shape index (κ3) is 4.03. The van der Waals surface area contributed by atoms with E-state index in [0.29, 0.717) is 21.9 Å². The fourth-order valence-corrected chi connectivity index (χ4v) is 3.98. The van der Waals surface area contributed by atoms with Crippen molar-refractivity contribution in [1.82, 2.24) is 5.32 Å². The molecule has 0 bridgehead atoms. The largest absolute Gasteiger partial charge is 0.502 e. The Morgan fingerprint density at radius 3 is 2.16 bits per heavy atom. The van der Waals surface area contributed by atoms with Gasteiger partial charge < -0.3 is 24.6 Å². The molecule has 8 heteroatoms. The van der Waals surface area contributed by atoms with Crippen molar-refractivity contribution < 1.29 is 24.1 Å². The number of anilines is 1. The maximum atomic E-state index is 12.8. The molecule has 2 aromatic rings. The fraction of sp³-hybridized carbons (Fsp3) is 0.304. The predicted octanol–water partition coefficient (Wildman–Crippen LogP) is 3.91. The highest BCUT2D eigenvalue weighted by Gasteiger charge is 2.36. The normalized spacial score (nSPS) is 16.1. The molecular formula is C23H26N2O5S. The van der Waals surface area contributed by atoms with Gasteiger partial charge in [-0.2, -0.15) is 0 Å². The van der Waals surface area contributed by atoms with Gasteiger partial charge in [0.05, 0.1) is 32.9 Å². The molecule has 0 amide bonds. The van der Waals surface area contributed by atoms with Gasteiger partial charge in [-0.25, -0.2) is 4.79 Å². The van der Waals surface area contributed by atoms with Crippen LogP contribution in [0.25, 0.3) is 0 Å². The maximum Gasteiger partial charge on any atom is 0.337 e. The highest BCUT2D eigenvalue weighted by Crippen LogP contribution is 2.42. The number of benzene rings is 2. The van der Waals surface area contributed by atoms with Gasteiger partial charge in [0.15, 0.2) is 16.6 Å². The predicted molar refractivity (Wildman–Crippen MR) is 123 cm³/mol. The van der Waals surface area contributed by atoms with Gasteiger partial charge in [0, 0.05) is 11.4 Å². The average molecular weight is 443 g/mol. The van der Waals surface area contributed by atoms with Crippen molar-refractivity contribution in [2.45, 2.75) is 26.8 Å². The number of nitrogens with zero attached hydrogens (tertiary/aromatic N) is 1. The molecule has 0 spiro atoms. The minimum atomic E-state index is -0.619. The summed E-state index contributed by atoms with van der Waals surface area (Å²) in [5.41, 5.74) is 4.80. The van der Waals surface area contributed by atoms with Crippen molar-refractivity contribution in [2.24, 2.45) is 0 Å². The van der Waals surface area contributed by atoms with Crippen LogP contribution < -0.4 is 19.7 Å². The quantitative estimate of drug-likeness (QED) is 0.533. The molecule has 7 nitrogen and oxygen atoms in total. The van der Waals surface area contributed by atoms with E-state index in [4.69, 9.17) is 26.4 Å². The van der Waals surface area contributed by atoms with Crippen LogP contribution in [0.2, 0.25) is 0 Å². The molecule has 3 rings (SSSR count). The first-order chi connectivity index (χ1) is 14.7. The van der Waals surface area contributed by atoms with E-state index in [0.717, 1.165) is 16.8 Å². The standard InChI is InChI=1S/C23H26N2O5S/c1-12-7-8-16(9-13(12)2)25-14(3)19(22(27)30-6)20(24-23(25)31)15-10-17(28-4)21(26)18(11-15)29-5/h7-11,20,26H,1-6H3,(H,24,31). The van der Waals surface area contributed by atoms with Crippen molar-refractivity contribution in [2.75, 3.05) is 26.2 Å². The van der Waals surface area contributed by atoms with Gasteiger partial charge >= 0.3 is 5.97 Å². The van der Waals surface area contributed by atoms with E-state index >= 15 is 0 Å². The molecule has 2 N–H and O–H groups in total. The number of methoxy groups -OCH3 is 3. The molecule has 1 aliphatic heterocycles. The molecule has 31 heavy (non-hydrogen) atoms. The van der Waals surface area contributed by atoms with Gasteiger partial charge in [-0.1, -0.05) is 6.07 Å². The highest BCUT2D eigenvalue weighted by molar-refractivity contribution is 7.80. The van der Waals surface area contributed by atoms with Crippen LogP contribution in [0.3, 0.4) is 0 Å². The van der Waals surface area contributed by atoms with Crippen molar-refractivity contribution >= 4 is 29.0 Å². The minimum Gasteiger partial charge on any atom is -0.502 e. The molecule has 0 saturated carbocycles. The summed E-state index contributed by atoms with van der Waals surface area (Å²) in [4.78, 5) is 14.7. The van der Waals surface area contributed by atoms with Crippen LogP contribution >= 0.6 is 12.2 Å². The van der Waals surface area contributed by atoms with Crippen molar-refractivity contribution in [3.63, 3.8) is 0 Å². The molecule has 1 aliphatic rings. The summed E-state index contributed by atoms with van der Waals surface area (Å²) in [6.45, 7) is 5.89. The zero-order valence-corrected chi connectivity index (χ0v) is 19.2. The summed E-state index contributed by atoms with van der Waals surface area (Å²) >= 11 is 5.68. The zero-order chi connectivity index (χ0) is 22.9. The molecule has 0 saturated heterocycles. The van der Waals surface area contributed by atoms with Crippen molar-refractivity contribution in [3.05, 3.63) is 58.3 Å². The van der Waals surface area contributed by atoms with Crippen LogP contribution in [0, 0.1) is 13.8 Å². The van der Waals surface area contributed by atoms with Crippen LogP contribution in [0.4, 0.5) is 5.69 Å². The van der Waals surface area contributed by atoms with E-state index in [1.807, 2.05) is 43.9 Å². The molecular weight excluding hydrogens is 416 g/mol. The average Bonchev–Trinajstić information content (AvgIpc) is 2.75. The number of hydrogen-bond acceptors (Lipinski definition) is 6. The molecule has 1 atom stereocenters. The number of rotatable bonds is 5. The van der Waals surface area contributed by atoms with Gasteiger partial charge in [-0.3, -0.25) is 4.90 Å². The first-order valence-electron chi connectivity index (χ1n) is 9.65. The summed E-state index contributed by atoms with van der Waals surface area (Å²) in [5, 5.41) is 13.9. The highest BCUT2D eigenvalue weighted by atomic mass is 32.1. The summed E-state index contributed by atoms with van der Waals surface area (Å²) in [6, 6.07) is 8.66. The number of aryl methyl sites for hydroxylation is 2. The first-order valence-corrected chi connectivity index (χ1v) is 10.1. The van der Waals surface area contributed by atoms with Gasteiger partial charge in [-0.15, -0.1) is 0 Å². The molecule has 164 valence electrons. The number of carbonyl (C=O) groups is 1. The molecule has 0 radical (unpaired) electrons. The number of ether oxygens (including phenoxy) is 3. The molecule has 0 aliphatic carbocycles. The second-order valence-corrected chi connectivity index (χ2v) is 7.64. The lowest BCUT2D eigenvalue weighted by Gasteiger charge is -2.37. The SMILES string of the molecule is COC(=O)C1=C(C)N(c2ccc(C)c(C)c2)C(=S)NC1c1cc(OC)c(O)c(OC)c1. The maximum absolute atomic E-state index is 12.8. The molecule has 1 heterocycles. The van der Waals surface area contributed by atoms with E-state index in [1.165, 1.54) is 21.3 Å². The Morgan fingerprint density at radius 2 is 1.65 bits per heavy atom. The Kier molecular flexibility index (Phi) is 6.40. The lowest BCUT2D eigenvalue weighted by molar-refractivity contribution is -0.136. The van der Waals surface area contributed by atoms with Crippen LogP contribution in [0.1, 0.15) is 29.7 Å². The number of phenolic OH excluding ortho intramolecular Hbond substituents is 1. The number of hydrogen-bond donors (Lipinski definition) is 2. The van der Waals surface area contributed by atoms with Gasteiger partial charge in [0.1, 0.15) is 0 Å². The van der Waals surface area contributed by atoms with E-state index in [-0.39, 0.29) is 17.2 Å². The molecule has 1 unspecified atom stereocenters. The smallest absolute Gasteiger partial charge is 0.337 e. The number of esters is 1. The fourth-order valence-electron chi connectivity index (χ4n) is 3.62. The topological polar surface area (TPSA) is 80.3 Å². The van der Waals surface area contributed by atoms with Gasteiger partial charge in [0.2, 0.25) is 5.75 Å². The second-order valence-electron chi connectivity index (χ2n) is 7.25. The van der Waals surface area contributed by atoms with Crippen molar-refractivity contribution in [3.8, 4) is 17.2 Å². The summed E-state index contributed by atoms with van der Waals surface area (Å²) in [7, 11) is 4.23. The minimum absolute atomic E-state index is 0.121. The first kappa shape index (κ1) is 22.4. The Morgan fingerprint density at radius 1 is 1.03 bits per heavy atom. The Balaban J connectivity index is 2.19. The number of aromatic hydroxyl groups is 1. The van der Waals surface area contributed by atoms with E-state index in [9.17, 15) is 9.90 Å². The zero-order valence-electron chi connectivity index (χ0n) is 18.4. The molecule has 0 fully saturated rings. The monoisotopic (exact) mass is 442 g/mol. The number of nitrogens with one attached hydrogen (secondary N) is 1. The van der Waals surface area contributed by atoms with Crippen LogP contribution in [0.5, 0.6) is 17.2 Å². The number of phenols is 1. The van der Waals surface area contributed by atoms with Crippen LogP contribution in [-0.2, 0) is 9.53 Å². The second kappa shape index (κ2) is 8.85. The molecule has 2 aromatic carbocycles. The Labute approximate surface area is 187 Å². The number of carbonyl (C=O) groups excluding carboxylic acids is 1. The van der Waals surface area contributed by atoms with Crippen LogP contribution in [0.15, 0.2) is 41.6 Å². The lowest BCUT2D eigenvalue weighted by Crippen LogP contribution is -2.48. The van der Waals surface area contributed by atoms with E-state index in [1.54, 1.807) is 12.1 Å². The third-order valence-corrected chi connectivity index (χ3v) is 5.77. The number of thiocarbonyl (C=S) groups is 1. The third-order valence-electron chi connectivity index (χ3n) is 5.47. The summed E-state index contributed by atoms with van der Waals surface area (Å²) in [6.07, 6.45) is 0. The van der Waals surface area contributed by atoms with Gasteiger partial charge in [-0.05, 0) is 73.9 Å². The van der Waals surface area contributed by atoms with E-state index in [2.05, 4.69) is 5.32 Å². The van der Waals surface area contributed by atoms with E-state index < -0.39 is 12.0 Å².